The minimum absolute atomic E-state index is 0.255. The van der Waals surface area contributed by atoms with Crippen molar-refractivity contribution in [3.63, 3.8) is 0 Å². The van der Waals surface area contributed by atoms with Gasteiger partial charge < -0.3 is 15.2 Å². The van der Waals surface area contributed by atoms with Crippen LogP contribution in [0.4, 0.5) is 5.69 Å². The fourth-order valence-corrected chi connectivity index (χ4v) is 2.82. The maximum Gasteiger partial charge on any atom is 0.119 e. The summed E-state index contributed by atoms with van der Waals surface area (Å²) in [6.45, 7) is 0.679. The molecular weight excluding hydrogens is 386 g/mol. The van der Waals surface area contributed by atoms with Gasteiger partial charge in [0.25, 0.3) is 0 Å². The van der Waals surface area contributed by atoms with Crippen LogP contribution in [0, 0.1) is 0 Å². The van der Waals surface area contributed by atoms with Gasteiger partial charge in [-0.05, 0) is 46.3 Å². The van der Waals surface area contributed by atoms with Crippen LogP contribution in [-0.4, -0.2) is 24.4 Å². The van der Waals surface area contributed by atoms with E-state index in [1.54, 1.807) is 0 Å². The summed E-state index contributed by atoms with van der Waals surface area (Å²) in [7, 11) is 0. The van der Waals surface area contributed by atoms with Crippen LogP contribution in [-0.2, 0) is 0 Å². The molecule has 3 nitrogen and oxygen atoms in total. The number of nitrogens with one attached hydrogen (secondary N) is 1. The number of aliphatic hydroxyl groups is 1. The van der Waals surface area contributed by atoms with E-state index in [0.29, 0.717) is 6.54 Å². The van der Waals surface area contributed by atoms with Gasteiger partial charge in [-0.3, -0.25) is 0 Å². The lowest BCUT2D eigenvalue weighted by Crippen LogP contribution is -2.26. The minimum Gasteiger partial charge on any atom is -0.491 e. The number of aliphatic hydroxyl groups excluding tert-OH is 1. The normalized spacial score (nSPS) is 11.9. The second kappa shape index (κ2) is 7.67. The third-order valence-electron chi connectivity index (χ3n) is 2.64. The van der Waals surface area contributed by atoms with Crippen molar-refractivity contribution < 1.29 is 9.84 Å². The molecule has 0 aliphatic carbocycles. The summed E-state index contributed by atoms with van der Waals surface area (Å²) < 4.78 is 7.45. The van der Waals surface area contributed by atoms with Crippen molar-refractivity contribution in [2.24, 2.45) is 0 Å². The summed E-state index contributed by atoms with van der Waals surface area (Å²) in [6.07, 6.45) is -0.578. The molecule has 1 atom stereocenters. The molecule has 1 unspecified atom stereocenters. The average Bonchev–Trinajstić information content (AvgIpc) is 2.45. The third-order valence-corrected chi connectivity index (χ3v) is 3.79. The Morgan fingerprint density at radius 3 is 2.55 bits per heavy atom. The molecule has 2 aromatic rings. The Morgan fingerprint density at radius 1 is 1.10 bits per heavy atom. The van der Waals surface area contributed by atoms with E-state index in [-0.39, 0.29) is 6.61 Å². The molecule has 5 heteroatoms. The molecule has 0 saturated carbocycles. The molecule has 0 saturated heterocycles. The molecule has 0 bridgehead atoms. The van der Waals surface area contributed by atoms with Crippen LogP contribution in [0.2, 0.25) is 0 Å². The van der Waals surface area contributed by atoms with E-state index >= 15 is 0 Å². The Hall–Kier alpha value is -1.04. The maximum atomic E-state index is 9.91. The molecule has 0 radical (unpaired) electrons. The largest absolute Gasteiger partial charge is 0.491 e. The molecule has 0 spiro atoms. The second-order valence-corrected chi connectivity index (χ2v) is 6.05. The van der Waals surface area contributed by atoms with Crippen molar-refractivity contribution in [2.75, 3.05) is 18.5 Å². The van der Waals surface area contributed by atoms with E-state index in [1.165, 1.54) is 0 Å². The Kier molecular flexibility index (Phi) is 5.88. The van der Waals surface area contributed by atoms with E-state index in [0.717, 1.165) is 20.4 Å². The first-order valence-electron chi connectivity index (χ1n) is 6.20. The predicted molar refractivity (Wildman–Crippen MR) is 88.3 cm³/mol. The highest BCUT2D eigenvalue weighted by Gasteiger charge is 2.07. The van der Waals surface area contributed by atoms with Gasteiger partial charge in [0.1, 0.15) is 18.5 Å². The van der Waals surface area contributed by atoms with Gasteiger partial charge in [0, 0.05) is 21.2 Å². The summed E-state index contributed by atoms with van der Waals surface area (Å²) in [5.74, 6) is 0.761. The summed E-state index contributed by atoms with van der Waals surface area (Å²) in [5.41, 5.74) is 0.937. The van der Waals surface area contributed by atoms with E-state index in [1.807, 2.05) is 48.5 Å². The number of anilines is 1. The third kappa shape index (κ3) is 4.81. The number of hydrogen-bond donors (Lipinski definition) is 2. The van der Waals surface area contributed by atoms with Crippen molar-refractivity contribution in [1.29, 1.82) is 0 Å². The molecule has 0 amide bonds. The lowest BCUT2D eigenvalue weighted by molar-refractivity contribution is 0.117. The number of ether oxygens (including phenoxy) is 1. The Morgan fingerprint density at radius 2 is 1.85 bits per heavy atom. The Labute approximate surface area is 135 Å². The minimum atomic E-state index is -0.578. The summed E-state index contributed by atoms with van der Waals surface area (Å²) in [5, 5.41) is 13.1. The zero-order chi connectivity index (χ0) is 14.4. The zero-order valence-corrected chi connectivity index (χ0v) is 13.9. The van der Waals surface area contributed by atoms with Crippen LogP contribution in [0.5, 0.6) is 5.75 Å². The standard InChI is InChI=1S/C15H15Br2NO2/c16-11-6-7-15(14(17)8-11)18-9-12(19)10-20-13-4-2-1-3-5-13/h1-8,12,18-19H,9-10H2. The summed E-state index contributed by atoms with van der Waals surface area (Å²) in [4.78, 5) is 0. The summed E-state index contributed by atoms with van der Waals surface area (Å²) in [6, 6.07) is 15.3. The van der Waals surface area contributed by atoms with Crippen molar-refractivity contribution in [1.82, 2.24) is 0 Å². The number of halogens is 2. The van der Waals surface area contributed by atoms with Gasteiger partial charge in [-0.25, -0.2) is 0 Å². The fraction of sp³-hybridized carbons (Fsp3) is 0.200. The first kappa shape index (κ1) is 15.4. The Bertz CT molecular complexity index is 549. The molecule has 2 rings (SSSR count). The molecule has 2 N–H and O–H groups in total. The van der Waals surface area contributed by atoms with Crippen LogP contribution in [0.25, 0.3) is 0 Å². The molecule has 0 aromatic heterocycles. The van der Waals surface area contributed by atoms with E-state index in [2.05, 4.69) is 37.2 Å². The highest BCUT2D eigenvalue weighted by molar-refractivity contribution is 9.11. The van der Waals surface area contributed by atoms with E-state index < -0.39 is 6.10 Å². The van der Waals surface area contributed by atoms with Crippen LogP contribution in [0.15, 0.2) is 57.5 Å². The van der Waals surface area contributed by atoms with Crippen LogP contribution >= 0.6 is 31.9 Å². The molecule has 0 fully saturated rings. The molecule has 0 aliphatic rings. The molecule has 106 valence electrons. The van der Waals surface area contributed by atoms with Gasteiger partial charge in [-0.15, -0.1) is 0 Å². The first-order chi connectivity index (χ1) is 9.65. The number of hydrogen-bond acceptors (Lipinski definition) is 3. The lowest BCUT2D eigenvalue weighted by atomic mass is 10.3. The second-order valence-electron chi connectivity index (χ2n) is 4.28. The maximum absolute atomic E-state index is 9.91. The smallest absolute Gasteiger partial charge is 0.119 e. The first-order valence-corrected chi connectivity index (χ1v) is 7.78. The van der Waals surface area contributed by atoms with Gasteiger partial charge in [0.05, 0.1) is 0 Å². The van der Waals surface area contributed by atoms with Crippen molar-refractivity contribution in [2.45, 2.75) is 6.10 Å². The quantitative estimate of drug-likeness (QED) is 0.768. The molecule has 0 heterocycles. The fourth-order valence-electron chi connectivity index (χ4n) is 1.63. The van der Waals surface area contributed by atoms with E-state index in [9.17, 15) is 5.11 Å². The van der Waals surface area contributed by atoms with Crippen molar-refractivity contribution in [3.8, 4) is 5.75 Å². The SMILES string of the molecule is OC(CNc1ccc(Br)cc1Br)COc1ccccc1. The van der Waals surface area contributed by atoms with E-state index in [4.69, 9.17) is 4.74 Å². The van der Waals surface area contributed by atoms with Crippen molar-refractivity contribution in [3.05, 3.63) is 57.5 Å². The van der Waals surface area contributed by atoms with Gasteiger partial charge in [0.2, 0.25) is 0 Å². The monoisotopic (exact) mass is 399 g/mol. The van der Waals surface area contributed by atoms with Gasteiger partial charge in [-0.1, -0.05) is 34.1 Å². The highest BCUT2D eigenvalue weighted by atomic mass is 79.9. The van der Waals surface area contributed by atoms with Crippen LogP contribution in [0.3, 0.4) is 0 Å². The Balaban J connectivity index is 1.79. The average molecular weight is 401 g/mol. The number of para-hydroxylation sites is 1. The topological polar surface area (TPSA) is 41.5 Å². The molecule has 2 aromatic carbocycles. The molecule has 20 heavy (non-hydrogen) atoms. The highest BCUT2D eigenvalue weighted by Crippen LogP contribution is 2.26. The molecule has 0 aliphatic heterocycles. The predicted octanol–water partition coefficient (Wildman–Crippen LogP) is 4.06. The number of rotatable bonds is 6. The van der Waals surface area contributed by atoms with Crippen LogP contribution < -0.4 is 10.1 Å². The number of benzene rings is 2. The zero-order valence-electron chi connectivity index (χ0n) is 10.7. The van der Waals surface area contributed by atoms with Crippen molar-refractivity contribution >= 4 is 37.5 Å². The van der Waals surface area contributed by atoms with Crippen LogP contribution in [0.1, 0.15) is 0 Å². The van der Waals surface area contributed by atoms with Gasteiger partial charge in [0.15, 0.2) is 0 Å². The van der Waals surface area contributed by atoms with Gasteiger partial charge >= 0.3 is 0 Å². The molecular formula is C15H15Br2NO2. The lowest BCUT2D eigenvalue weighted by Gasteiger charge is -2.15. The van der Waals surface area contributed by atoms with Gasteiger partial charge in [-0.2, -0.15) is 0 Å². The summed E-state index contributed by atoms with van der Waals surface area (Å²) >= 11 is 6.87.